The molecule has 1 heterocycles. The van der Waals surface area contributed by atoms with Gasteiger partial charge in [-0.15, -0.1) is 0 Å². The first-order valence-electron chi connectivity index (χ1n) is 8.43. The highest BCUT2D eigenvalue weighted by molar-refractivity contribution is 6.04. The molecule has 3 rings (SSSR count). The molecule has 5 heteroatoms. The highest BCUT2D eigenvalue weighted by atomic mass is 19.1. The van der Waals surface area contributed by atoms with Gasteiger partial charge in [-0.3, -0.25) is 4.79 Å². The molecular formula is C21H20FN3O. The van der Waals surface area contributed by atoms with Gasteiger partial charge in [-0.05, 0) is 49.2 Å². The summed E-state index contributed by atoms with van der Waals surface area (Å²) in [7, 11) is 0. The third-order valence-corrected chi connectivity index (χ3v) is 3.99. The van der Waals surface area contributed by atoms with Crippen LogP contribution in [0.4, 0.5) is 15.9 Å². The molecule has 0 bridgehead atoms. The van der Waals surface area contributed by atoms with E-state index in [0.717, 1.165) is 5.56 Å². The van der Waals surface area contributed by atoms with Gasteiger partial charge < -0.3 is 10.6 Å². The Labute approximate surface area is 152 Å². The van der Waals surface area contributed by atoms with Crippen molar-refractivity contribution < 1.29 is 9.18 Å². The van der Waals surface area contributed by atoms with Crippen molar-refractivity contribution in [3.8, 4) is 0 Å². The Kier molecular flexibility index (Phi) is 5.59. The molecular weight excluding hydrogens is 329 g/mol. The second-order valence-corrected chi connectivity index (χ2v) is 6.02. The van der Waals surface area contributed by atoms with Crippen molar-refractivity contribution >= 4 is 17.4 Å². The standard InChI is InChI=1S/C21H20FN3O/c1-15-6-8-17(9-7-15)21(26)25-18-10-11-20(24-14-18)23-13-12-16-4-2-3-5-19(16)22/h2-11,14H,12-13H2,1H3,(H,23,24)(H,25,26). The van der Waals surface area contributed by atoms with Gasteiger partial charge in [0, 0.05) is 12.1 Å². The Morgan fingerprint density at radius 3 is 2.50 bits per heavy atom. The normalized spacial score (nSPS) is 10.4. The number of hydrogen-bond acceptors (Lipinski definition) is 3. The molecule has 0 fully saturated rings. The molecule has 2 aromatic carbocycles. The molecule has 1 aromatic heterocycles. The number of nitrogens with zero attached hydrogens (tertiary/aromatic N) is 1. The third kappa shape index (κ3) is 4.66. The molecule has 0 aliphatic heterocycles. The molecule has 2 N–H and O–H groups in total. The minimum atomic E-state index is -0.198. The van der Waals surface area contributed by atoms with E-state index < -0.39 is 0 Å². The van der Waals surface area contributed by atoms with E-state index in [9.17, 15) is 9.18 Å². The van der Waals surface area contributed by atoms with Gasteiger partial charge in [0.1, 0.15) is 11.6 Å². The fourth-order valence-electron chi connectivity index (χ4n) is 2.51. The average Bonchev–Trinajstić information content (AvgIpc) is 2.65. The number of rotatable bonds is 6. The van der Waals surface area contributed by atoms with E-state index in [1.807, 2.05) is 25.1 Å². The van der Waals surface area contributed by atoms with Crippen LogP contribution in [0.5, 0.6) is 0 Å². The van der Waals surface area contributed by atoms with Crippen molar-refractivity contribution in [1.29, 1.82) is 0 Å². The van der Waals surface area contributed by atoms with Crippen LogP contribution in [-0.4, -0.2) is 17.4 Å². The van der Waals surface area contributed by atoms with Gasteiger partial charge in [0.25, 0.3) is 5.91 Å². The number of anilines is 2. The summed E-state index contributed by atoms with van der Waals surface area (Å²) in [6.07, 6.45) is 2.16. The molecule has 0 aliphatic carbocycles. The number of hydrogen-bond donors (Lipinski definition) is 2. The number of benzene rings is 2. The van der Waals surface area contributed by atoms with Gasteiger partial charge >= 0.3 is 0 Å². The predicted molar refractivity (Wildman–Crippen MR) is 102 cm³/mol. The zero-order valence-corrected chi connectivity index (χ0v) is 14.5. The maximum atomic E-state index is 13.6. The lowest BCUT2D eigenvalue weighted by Crippen LogP contribution is -2.12. The van der Waals surface area contributed by atoms with Crippen LogP contribution in [0, 0.1) is 12.7 Å². The molecule has 4 nitrogen and oxygen atoms in total. The Morgan fingerprint density at radius 1 is 1.04 bits per heavy atom. The van der Waals surface area contributed by atoms with Crippen molar-refractivity contribution in [3.05, 3.63) is 89.4 Å². The first-order chi connectivity index (χ1) is 12.6. The van der Waals surface area contributed by atoms with E-state index in [-0.39, 0.29) is 11.7 Å². The van der Waals surface area contributed by atoms with Crippen molar-refractivity contribution in [3.63, 3.8) is 0 Å². The van der Waals surface area contributed by atoms with Gasteiger partial charge in [0.2, 0.25) is 0 Å². The van der Waals surface area contributed by atoms with E-state index in [0.29, 0.717) is 35.6 Å². The van der Waals surface area contributed by atoms with Crippen molar-refractivity contribution in [2.75, 3.05) is 17.2 Å². The van der Waals surface area contributed by atoms with E-state index >= 15 is 0 Å². The molecule has 132 valence electrons. The summed E-state index contributed by atoms with van der Waals surface area (Å²) >= 11 is 0. The summed E-state index contributed by atoms with van der Waals surface area (Å²) < 4.78 is 13.6. The second kappa shape index (κ2) is 8.25. The van der Waals surface area contributed by atoms with Crippen molar-refractivity contribution in [1.82, 2.24) is 4.98 Å². The fourth-order valence-corrected chi connectivity index (χ4v) is 2.51. The number of aryl methyl sites for hydroxylation is 1. The summed E-state index contributed by atoms with van der Waals surface area (Å²) in [6, 6.07) is 17.7. The third-order valence-electron chi connectivity index (χ3n) is 3.99. The topological polar surface area (TPSA) is 54.0 Å². The molecule has 0 atom stereocenters. The van der Waals surface area contributed by atoms with Crippen LogP contribution in [0.1, 0.15) is 21.5 Å². The fraction of sp³-hybridized carbons (Fsp3) is 0.143. The Balaban J connectivity index is 1.52. The lowest BCUT2D eigenvalue weighted by molar-refractivity contribution is 0.102. The molecule has 0 radical (unpaired) electrons. The molecule has 0 spiro atoms. The van der Waals surface area contributed by atoms with Gasteiger partial charge in [0.05, 0.1) is 11.9 Å². The largest absolute Gasteiger partial charge is 0.370 e. The molecule has 0 saturated heterocycles. The number of nitrogens with one attached hydrogen (secondary N) is 2. The van der Waals surface area contributed by atoms with E-state index in [1.165, 1.54) is 6.07 Å². The minimum absolute atomic E-state index is 0.174. The van der Waals surface area contributed by atoms with Crippen LogP contribution in [0.25, 0.3) is 0 Å². The minimum Gasteiger partial charge on any atom is -0.370 e. The van der Waals surface area contributed by atoms with Gasteiger partial charge in [-0.1, -0.05) is 35.9 Å². The van der Waals surface area contributed by atoms with Crippen LogP contribution in [0.15, 0.2) is 66.9 Å². The molecule has 0 unspecified atom stereocenters. The van der Waals surface area contributed by atoms with Crippen LogP contribution in [0.3, 0.4) is 0 Å². The summed E-state index contributed by atoms with van der Waals surface area (Å²) in [5.74, 6) is 0.304. The number of aromatic nitrogens is 1. The van der Waals surface area contributed by atoms with Gasteiger partial charge in [0.15, 0.2) is 0 Å². The first-order valence-corrected chi connectivity index (χ1v) is 8.43. The second-order valence-electron chi connectivity index (χ2n) is 6.02. The van der Waals surface area contributed by atoms with Crippen LogP contribution < -0.4 is 10.6 Å². The maximum Gasteiger partial charge on any atom is 0.255 e. The molecule has 3 aromatic rings. The van der Waals surface area contributed by atoms with E-state index in [4.69, 9.17) is 0 Å². The quantitative estimate of drug-likeness (QED) is 0.692. The lowest BCUT2D eigenvalue weighted by atomic mass is 10.1. The Morgan fingerprint density at radius 2 is 1.81 bits per heavy atom. The monoisotopic (exact) mass is 349 g/mol. The Hall–Kier alpha value is -3.21. The smallest absolute Gasteiger partial charge is 0.255 e. The van der Waals surface area contributed by atoms with E-state index in [1.54, 1.807) is 42.6 Å². The SMILES string of the molecule is Cc1ccc(C(=O)Nc2ccc(NCCc3ccccc3F)nc2)cc1. The number of carbonyl (C=O) groups is 1. The molecule has 1 amide bonds. The zero-order valence-electron chi connectivity index (χ0n) is 14.5. The number of amides is 1. The highest BCUT2D eigenvalue weighted by Crippen LogP contribution is 2.13. The number of carbonyl (C=O) groups excluding carboxylic acids is 1. The Bertz CT molecular complexity index is 877. The van der Waals surface area contributed by atoms with Gasteiger partial charge in [-0.2, -0.15) is 0 Å². The summed E-state index contributed by atoms with van der Waals surface area (Å²) in [4.78, 5) is 16.5. The average molecular weight is 349 g/mol. The lowest BCUT2D eigenvalue weighted by Gasteiger charge is -2.08. The van der Waals surface area contributed by atoms with Crippen LogP contribution in [-0.2, 0) is 6.42 Å². The van der Waals surface area contributed by atoms with Crippen molar-refractivity contribution in [2.45, 2.75) is 13.3 Å². The number of halogens is 1. The highest BCUT2D eigenvalue weighted by Gasteiger charge is 2.06. The van der Waals surface area contributed by atoms with Crippen molar-refractivity contribution in [2.24, 2.45) is 0 Å². The maximum absolute atomic E-state index is 13.6. The summed E-state index contributed by atoms with van der Waals surface area (Å²) in [5, 5.41) is 5.96. The van der Waals surface area contributed by atoms with Crippen LogP contribution in [0.2, 0.25) is 0 Å². The number of pyridine rings is 1. The van der Waals surface area contributed by atoms with Crippen LogP contribution >= 0.6 is 0 Å². The zero-order chi connectivity index (χ0) is 18.4. The molecule has 26 heavy (non-hydrogen) atoms. The summed E-state index contributed by atoms with van der Waals surface area (Å²) in [6.45, 7) is 2.55. The first kappa shape index (κ1) is 17.6. The molecule has 0 saturated carbocycles. The van der Waals surface area contributed by atoms with E-state index in [2.05, 4.69) is 15.6 Å². The predicted octanol–water partition coefficient (Wildman–Crippen LogP) is 4.44. The van der Waals surface area contributed by atoms with Gasteiger partial charge in [-0.25, -0.2) is 9.37 Å². The molecule has 0 aliphatic rings. The summed E-state index contributed by atoms with van der Waals surface area (Å²) in [5.41, 5.74) is 2.99.